The first-order valence-electron chi connectivity index (χ1n) is 6.21. The number of alkyl halides is 1. The number of allylic oxidation sites excluding steroid dienone is 1. The first-order chi connectivity index (χ1) is 8.80. The number of carboxylic acids is 1. The number of hydrogen-bond acceptors (Lipinski definition) is 4. The maximum absolute atomic E-state index is 14.0. The summed E-state index contributed by atoms with van der Waals surface area (Å²) < 4.78 is 14.0. The molecule has 1 rings (SSSR count). The Bertz CT molecular complexity index is 424. The number of ketones is 1. The zero-order valence-corrected chi connectivity index (χ0v) is 11.1. The van der Waals surface area contributed by atoms with Crippen LogP contribution in [-0.4, -0.2) is 34.8 Å². The molecular formula is C13H19FN2O3. The Labute approximate surface area is 111 Å². The summed E-state index contributed by atoms with van der Waals surface area (Å²) in [6.45, 7) is 2.84. The molecule has 19 heavy (non-hydrogen) atoms. The van der Waals surface area contributed by atoms with E-state index in [-0.39, 0.29) is 24.5 Å². The maximum Gasteiger partial charge on any atom is 0.338 e. The number of carbonyl (C=O) groups excluding carboxylic acids is 1. The molecule has 6 heteroatoms. The van der Waals surface area contributed by atoms with Crippen molar-refractivity contribution in [3.05, 3.63) is 11.3 Å². The molecule has 0 bridgehead atoms. The lowest BCUT2D eigenvalue weighted by Gasteiger charge is -2.33. The van der Waals surface area contributed by atoms with Crippen molar-refractivity contribution in [2.45, 2.75) is 51.2 Å². The number of carbonyl (C=O) groups is 2. The second-order valence-corrected chi connectivity index (χ2v) is 4.93. The fraction of sp³-hybridized carbons (Fsp3) is 0.615. The summed E-state index contributed by atoms with van der Waals surface area (Å²) in [6, 6.07) is -0.0578. The smallest absolute Gasteiger partial charge is 0.338 e. The van der Waals surface area contributed by atoms with E-state index in [9.17, 15) is 14.0 Å². The first-order valence-corrected chi connectivity index (χ1v) is 6.21. The lowest BCUT2D eigenvalue weighted by atomic mass is 9.81. The van der Waals surface area contributed by atoms with Crippen molar-refractivity contribution >= 4 is 18.0 Å². The topological polar surface area (TPSA) is 90.3 Å². The van der Waals surface area contributed by atoms with Gasteiger partial charge in [-0.05, 0) is 39.5 Å². The Balaban J connectivity index is 2.66. The van der Waals surface area contributed by atoms with Crippen molar-refractivity contribution in [1.29, 1.82) is 5.41 Å². The molecule has 1 saturated carbocycles. The van der Waals surface area contributed by atoms with Crippen molar-refractivity contribution < 1.29 is 19.1 Å². The molecule has 1 fully saturated rings. The van der Waals surface area contributed by atoms with Crippen molar-refractivity contribution in [2.24, 2.45) is 0 Å². The lowest BCUT2D eigenvalue weighted by Crippen LogP contribution is -2.42. The third-order valence-corrected chi connectivity index (χ3v) is 3.61. The summed E-state index contributed by atoms with van der Waals surface area (Å²) in [7, 11) is 0. The normalized spacial score (nSPS) is 28.3. The van der Waals surface area contributed by atoms with Gasteiger partial charge in [-0.1, -0.05) is 0 Å². The molecule has 0 heterocycles. The highest BCUT2D eigenvalue weighted by atomic mass is 19.1. The summed E-state index contributed by atoms with van der Waals surface area (Å²) in [5, 5.41) is 18.9. The average Bonchev–Trinajstić information content (AvgIpc) is 2.32. The Morgan fingerprint density at radius 1 is 1.37 bits per heavy atom. The third kappa shape index (κ3) is 3.62. The van der Waals surface area contributed by atoms with Crippen LogP contribution in [0.3, 0.4) is 0 Å². The predicted molar refractivity (Wildman–Crippen MR) is 69.0 cm³/mol. The van der Waals surface area contributed by atoms with E-state index in [1.807, 2.05) is 0 Å². The van der Waals surface area contributed by atoms with Gasteiger partial charge in [0.25, 0.3) is 0 Å². The van der Waals surface area contributed by atoms with E-state index in [2.05, 4.69) is 5.32 Å². The molecule has 0 atom stereocenters. The highest BCUT2D eigenvalue weighted by molar-refractivity contribution is 6.08. The average molecular weight is 270 g/mol. The van der Waals surface area contributed by atoms with Crippen LogP contribution in [-0.2, 0) is 9.59 Å². The summed E-state index contributed by atoms with van der Waals surface area (Å²) >= 11 is 0. The van der Waals surface area contributed by atoms with Crippen molar-refractivity contribution in [2.75, 3.05) is 0 Å². The molecule has 0 radical (unpaired) electrons. The molecule has 1 aliphatic carbocycles. The first kappa shape index (κ1) is 15.3. The van der Waals surface area contributed by atoms with Gasteiger partial charge in [-0.25, -0.2) is 9.18 Å². The van der Waals surface area contributed by atoms with Gasteiger partial charge >= 0.3 is 5.97 Å². The second kappa shape index (κ2) is 5.95. The zero-order valence-electron chi connectivity index (χ0n) is 11.1. The second-order valence-electron chi connectivity index (χ2n) is 4.93. The third-order valence-electron chi connectivity index (χ3n) is 3.61. The Morgan fingerprint density at radius 3 is 2.26 bits per heavy atom. The van der Waals surface area contributed by atoms with Crippen LogP contribution in [0.2, 0.25) is 0 Å². The van der Waals surface area contributed by atoms with Crippen LogP contribution in [0.25, 0.3) is 0 Å². The van der Waals surface area contributed by atoms with E-state index < -0.39 is 17.4 Å². The van der Waals surface area contributed by atoms with Crippen molar-refractivity contribution in [1.82, 2.24) is 5.32 Å². The van der Waals surface area contributed by atoms with Gasteiger partial charge < -0.3 is 15.8 Å². The SMILES string of the molecule is C/C(N[C@H]1CC[C@@](F)(C(C)=O)CC1)=C(/C=N)C(=O)O. The fourth-order valence-corrected chi connectivity index (χ4v) is 2.29. The van der Waals surface area contributed by atoms with Crippen LogP contribution in [0.5, 0.6) is 0 Å². The molecule has 0 spiro atoms. The van der Waals surface area contributed by atoms with Gasteiger partial charge in [0.2, 0.25) is 0 Å². The van der Waals surface area contributed by atoms with Crippen molar-refractivity contribution in [3.63, 3.8) is 0 Å². The predicted octanol–water partition coefficient (Wildman–Crippen LogP) is 1.82. The molecule has 5 nitrogen and oxygen atoms in total. The van der Waals surface area contributed by atoms with E-state index in [0.29, 0.717) is 18.5 Å². The van der Waals surface area contributed by atoms with Gasteiger partial charge in [0, 0.05) is 18.0 Å². The number of carboxylic acid groups (broad SMARTS) is 1. The van der Waals surface area contributed by atoms with E-state index in [1.54, 1.807) is 6.92 Å². The highest BCUT2D eigenvalue weighted by Gasteiger charge is 2.39. The van der Waals surface area contributed by atoms with Gasteiger partial charge in [0.1, 0.15) is 0 Å². The summed E-state index contributed by atoms with van der Waals surface area (Å²) in [4.78, 5) is 22.0. The van der Waals surface area contributed by atoms with Crippen LogP contribution in [0.1, 0.15) is 39.5 Å². The van der Waals surface area contributed by atoms with Gasteiger partial charge in [-0.3, -0.25) is 4.79 Å². The van der Waals surface area contributed by atoms with Crippen LogP contribution in [0.4, 0.5) is 4.39 Å². The van der Waals surface area contributed by atoms with E-state index in [0.717, 1.165) is 6.21 Å². The Hall–Kier alpha value is -1.72. The molecule has 0 aromatic carbocycles. The van der Waals surface area contributed by atoms with Gasteiger partial charge in [-0.2, -0.15) is 0 Å². The minimum atomic E-state index is -1.73. The molecule has 0 aromatic heterocycles. The van der Waals surface area contributed by atoms with E-state index in [1.165, 1.54) is 6.92 Å². The van der Waals surface area contributed by atoms with E-state index >= 15 is 0 Å². The molecule has 0 aromatic rings. The lowest BCUT2D eigenvalue weighted by molar-refractivity contribution is -0.132. The Morgan fingerprint density at radius 2 is 1.89 bits per heavy atom. The van der Waals surface area contributed by atoms with Gasteiger partial charge in [-0.15, -0.1) is 0 Å². The quantitative estimate of drug-likeness (QED) is 0.525. The number of Topliss-reactive ketones (excluding diaryl/α,β-unsaturated/α-hetero) is 1. The number of aliphatic carboxylic acids is 1. The van der Waals surface area contributed by atoms with Crippen LogP contribution in [0, 0.1) is 5.41 Å². The monoisotopic (exact) mass is 270 g/mol. The molecule has 0 amide bonds. The minimum absolute atomic E-state index is 0.0578. The van der Waals surface area contributed by atoms with Gasteiger partial charge in [0.05, 0.1) is 5.57 Å². The van der Waals surface area contributed by atoms with Crippen LogP contribution >= 0.6 is 0 Å². The molecule has 0 saturated heterocycles. The molecule has 3 N–H and O–H groups in total. The number of hydrogen-bond donors (Lipinski definition) is 3. The summed E-state index contributed by atoms with van der Waals surface area (Å²) in [5.41, 5.74) is -1.45. The molecule has 1 aliphatic rings. The fourth-order valence-electron chi connectivity index (χ4n) is 2.29. The zero-order chi connectivity index (χ0) is 14.6. The Kier molecular flexibility index (Phi) is 4.80. The summed E-state index contributed by atoms with van der Waals surface area (Å²) in [5.74, 6) is -1.61. The molecule has 106 valence electrons. The molecule has 0 aliphatic heterocycles. The highest BCUT2D eigenvalue weighted by Crippen LogP contribution is 2.33. The number of rotatable bonds is 5. The molecular weight excluding hydrogens is 251 g/mol. The largest absolute Gasteiger partial charge is 0.478 e. The minimum Gasteiger partial charge on any atom is -0.478 e. The number of halogens is 1. The van der Waals surface area contributed by atoms with Crippen LogP contribution in [0.15, 0.2) is 11.3 Å². The van der Waals surface area contributed by atoms with Crippen molar-refractivity contribution in [3.8, 4) is 0 Å². The standard InChI is InChI=1S/C13H19FN2O3/c1-8(11(7-15)12(18)19)16-10-3-5-13(14,6-4-10)9(2)17/h7,10,15-16H,3-6H2,1-2H3,(H,18,19)/b11-8+,15-7?/t10-,13-. The van der Waals surface area contributed by atoms with E-state index in [4.69, 9.17) is 10.5 Å². The molecule has 0 unspecified atom stereocenters. The van der Waals surface area contributed by atoms with Gasteiger partial charge in [0.15, 0.2) is 11.5 Å². The summed E-state index contributed by atoms with van der Waals surface area (Å²) in [6.07, 6.45) is 2.03. The maximum atomic E-state index is 14.0. The number of nitrogens with one attached hydrogen (secondary N) is 2. The van der Waals surface area contributed by atoms with Crippen LogP contribution < -0.4 is 5.32 Å².